The Morgan fingerprint density at radius 1 is 1.19 bits per heavy atom. The molecule has 0 saturated carbocycles. The van der Waals surface area contributed by atoms with E-state index in [1.54, 1.807) is 6.07 Å². The highest BCUT2D eigenvalue weighted by atomic mass is 35.5. The first-order chi connectivity index (χ1) is 14.7. The minimum atomic E-state index is -1.04. The Labute approximate surface area is 187 Å². The number of hydrogen-bond donors (Lipinski definition) is 2. The van der Waals surface area contributed by atoms with E-state index in [4.69, 9.17) is 26.2 Å². The van der Waals surface area contributed by atoms with Crippen molar-refractivity contribution in [2.24, 2.45) is 0 Å². The minimum absolute atomic E-state index is 0.109. The van der Waals surface area contributed by atoms with Crippen molar-refractivity contribution in [2.75, 3.05) is 6.61 Å². The van der Waals surface area contributed by atoms with Crippen LogP contribution in [-0.2, 0) is 20.7 Å². The van der Waals surface area contributed by atoms with Crippen molar-refractivity contribution in [3.8, 4) is 5.75 Å². The summed E-state index contributed by atoms with van der Waals surface area (Å²) in [6.45, 7) is 5.13. The highest BCUT2D eigenvalue weighted by molar-refractivity contribution is 6.30. The Morgan fingerprint density at radius 3 is 2.48 bits per heavy atom. The van der Waals surface area contributed by atoms with Gasteiger partial charge in [-0.15, -0.1) is 0 Å². The third-order valence-corrected chi connectivity index (χ3v) is 5.75. The van der Waals surface area contributed by atoms with Gasteiger partial charge in [-0.05, 0) is 48.7 Å². The predicted octanol–water partition coefficient (Wildman–Crippen LogP) is 4.85. The van der Waals surface area contributed by atoms with Crippen LogP contribution in [0.25, 0.3) is 0 Å². The molecule has 0 unspecified atom stereocenters. The molecule has 1 fully saturated rings. The second-order valence-electron chi connectivity index (χ2n) is 8.22. The fraction of sp³-hybridized carbons (Fsp3) is 0.417. The maximum absolute atomic E-state index is 11.9. The summed E-state index contributed by atoms with van der Waals surface area (Å²) in [4.78, 5) is 23.0. The molecule has 0 aliphatic carbocycles. The zero-order valence-corrected chi connectivity index (χ0v) is 18.7. The number of nitrogens with one attached hydrogen (secondary N) is 1. The third-order valence-electron chi connectivity index (χ3n) is 5.50. The number of amides is 1. The quantitative estimate of drug-likeness (QED) is 0.636. The van der Waals surface area contributed by atoms with Crippen LogP contribution in [0.2, 0.25) is 5.02 Å². The standard InChI is InChI=1S/C24H28ClNO5/c1-4-16-5-10-20(30-14-23(28)29)19(11-16)22-13-24(3,26-15(2)27)12-21(31-22)17-6-8-18(25)9-7-17/h5-11,21-22H,4,12-14H2,1-3H3,(H,26,27)(H,28,29)/t21-,22+,24-/m0/s1. The first kappa shape index (κ1) is 23.1. The molecule has 7 heteroatoms. The summed E-state index contributed by atoms with van der Waals surface area (Å²) in [6.07, 6.45) is 1.30. The maximum atomic E-state index is 11.9. The van der Waals surface area contributed by atoms with Crippen molar-refractivity contribution >= 4 is 23.5 Å². The number of carbonyl (C=O) groups is 2. The van der Waals surface area contributed by atoms with Crippen LogP contribution < -0.4 is 10.1 Å². The summed E-state index contributed by atoms with van der Waals surface area (Å²) >= 11 is 6.05. The van der Waals surface area contributed by atoms with Gasteiger partial charge in [0, 0.05) is 35.9 Å². The summed E-state index contributed by atoms with van der Waals surface area (Å²) in [6, 6.07) is 13.2. The van der Waals surface area contributed by atoms with Gasteiger partial charge in [-0.2, -0.15) is 0 Å². The minimum Gasteiger partial charge on any atom is -0.482 e. The highest BCUT2D eigenvalue weighted by Crippen LogP contribution is 2.46. The van der Waals surface area contributed by atoms with Crippen LogP contribution in [0, 0.1) is 0 Å². The smallest absolute Gasteiger partial charge is 0.341 e. The van der Waals surface area contributed by atoms with E-state index >= 15 is 0 Å². The number of rotatable bonds is 7. The van der Waals surface area contributed by atoms with Gasteiger partial charge in [0.15, 0.2) is 6.61 Å². The van der Waals surface area contributed by atoms with E-state index in [9.17, 15) is 9.59 Å². The molecule has 1 amide bonds. The predicted molar refractivity (Wildman–Crippen MR) is 118 cm³/mol. The van der Waals surface area contributed by atoms with Crippen LogP contribution in [-0.4, -0.2) is 29.1 Å². The number of halogens is 1. The SMILES string of the molecule is CCc1ccc(OCC(=O)O)c([C@H]2C[C@@](C)(NC(C)=O)C[C@@H](c3ccc(Cl)cc3)O2)c1. The maximum Gasteiger partial charge on any atom is 0.341 e. The Morgan fingerprint density at radius 2 is 1.87 bits per heavy atom. The van der Waals surface area contributed by atoms with Gasteiger partial charge < -0.3 is 19.9 Å². The molecule has 0 bridgehead atoms. The van der Waals surface area contributed by atoms with Crippen LogP contribution in [0.5, 0.6) is 5.75 Å². The van der Waals surface area contributed by atoms with Gasteiger partial charge in [-0.3, -0.25) is 4.79 Å². The summed E-state index contributed by atoms with van der Waals surface area (Å²) in [5.74, 6) is -0.675. The van der Waals surface area contributed by atoms with Crippen molar-refractivity contribution in [3.05, 3.63) is 64.2 Å². The molecule has 3 rings (SSSR count). The molecule has 1 aliphatic rings. The molecule has 2 aromatic rings. The molecular weight excluding hydrogens is 418 g/mol. The van der Waals surface area contributed by atoms with Crippen molar-refractivity contribution in [3.63, 3.8) is 0 Å². The van der Waals surface area contributed by atoms with Crippen LogP contribution in [0.3, 0.4) is 0 Å². The third kappa shape index (κ3) is 5.99. The summed E-state index contributed by atoms with van der Waals surface area (Å²) < 4.78 is 12.1. The van der Waals surface area contributed by atoms with E-state index in [-0.39, 0.29) is 18.1 Å². The Hall–Kier alpha value is -2.57. The Kier molecular flexibility index (Phi) is 7.23. The first-order valence-electron chi connectivity index (χ1n) is 10.4. The number of carboxylic acid groups (broad SMARTS) is 1. The molecule has 2 N–H and O–H groups in total. The largest absolute Gasteiger partial charge is 0.482 e. The zero-order chi connectivity index (χ0) is 22.6. The van der Waals surface area contributed by atoms with Crippen LogP contribution in [0.1, 0.15) is 62.5 Å². The van der Waals surface area contributed by atoms with Crippen molar-refractivity contribution < 1.29 is 24.2 Å². The van der Waals surface area contributed by atoms with Gasteiger partial charge in [0.25, 0.3) is 0 Å². The first-order valence-corrected chi connectivity index (χ1v) is 10.7. The lowest BCUT2D eigenvalue weighted by Gasteiger charge is -2.43. The molecule has 166 valence electrons. The van der Waals surface area contributed by atoms with Crippen molar-refractivity contribution in [1.29, 1.82) is 0 Å². The molecule has 0 aromatic heterocycles. The van der Waals surface area contributed by atoms with Crippen molar-refractivity contribution in [2.45, 2.75) is 57.8 Å². The highest BCUT2D eigenvalue weighted by Gasteiger charge is 2.40. The average Bonchev–Trinajstić information content (AvgIpc) is 2.71. The van der Waals surface area contributed by atoms with E-state index < -0.39 is 18.1 Å². The van der Waals surface area contributed by atoms with Gasteiger partial charge in [0.2, 0.25) is 5.91 Å². The summed E-state index contributed by atoms with van der Waals surface area (Å²) in [5.41, 5.74) is 2.34. The van der Waals surface area contributed by atoms with Crippen LogP contribution in [0.15, 0.2) is 42.5 Å². The number of aryl methyl sites for hydroxylation is 1. The van der Waals surface area contributed by atoms with Gasteiger partial charge in [-0.1, -0.05) is 36.7 Å². The second kappa shape index (κ2) is 9.71. The van der Waals surface area contributed by atoms with E-state index in [2.05, 4.69) is 12.2 Å². The molecular formula is C24H28ClNO5. The number of aliphatic carboxylic acids is 1. The topological polar surface area (TPSA) is 84.9 Å². The lowest BCUT2D eigenvalue weighted by atomic mass is 9.81. The summed E-state index contributed by atoms with van der Waals surface area (Å²) in [7, 11) is 0. The van der Waals surface area contributed by atoms with E-state index in [0.29, 0.717) is 23.6 Å². The molecule has 0 radical (unpaired) electrons. The zero-order valence-electron chi connectivity index (χ0n) is 18.0. The number of benzene rings is 2. The van der Waals surface area contributed by atoms with E-state index in [0.717, 1.165) is 23.1 Å². The number of carboxylic acids is 1. The molecule has 1 aliphatic heterocycles. The van der Waals surface area contributed by atoms with Crippen molar-refractivity contribution in [1.82, 2.24) is 5.32 Å². The molecule has 3 atom stereocenters. The monoisotopic (exact) mass is 445 g/mol. The molecule has 31 heavy (non-hydrogen) atoms. The molecule has 2 aromatic carbocycles. The molecule has 1 heterocycles. The summed E-state index contributed by atoms with van der Waals surface area (Å²) in [5, 5.41) is 12.8. The number of carbonyl (C=O) groups excluding carboxylic acids is 1. The van der Waals surface area contributed by atoms with Crippen LogP contribution in [0.4, 0.5) is 0 Å². The molecule has 1 saturated heterocycles. The van der Waals surface area contributed by atoms with Gasteiger partial charge >= 0.3 is 5.97 Å². The average molecular weight is 446 g/mol. The second-order valence-corrected chi connectivity index (χ2v) is 8.66. The number of hydrogen-bond acceptors (Lipinski definition) is 4. The Bertz CT molecular complexity index is 945. The van der Waals surface area contributed by atoms with Gasteiger partial charge in [0.1, 0.15) is 5.75 Å². The molecule has 0 spiro atoms. The lowest BCUT2D eigenvalue weighted by molar-refractivity contribution is -0.139. The molecule has 6 nitrogen and oxygen atoms in total. The normalized spacial score (nSPS) is 23.2. The van der Waals surface area contributed by atoms with Crippen LogP contribution >= 0.6 is 11.6 Å². The van der Waals surface area contributed by atoms with Gasteiger partial charge in [-0.25, -0.2) is 4.79 Å². The fourth-order valence-electron chi connectivity index (χ4n) is 4.12. The van der Waals surface area contributed by atoms with E-state index in [1.165, 1.54) is 6.92 Å². The Balaban J connectivity index is 2.00. The fourth-order valence-corrected chi connectivity index (χ4v) is 4.25. The lowest BCUT2D eigenvalue weighted by Crippen LogP contribution is -2.50. The number of ether oxygens (including phenoxy) is 2. The van der Waals surface area contributed by atoms with E-state index in [1.807, 2.05) is 43.3 Å². The van der Waals surface area contributed by atoms with Gasteiger partial charge in [0.05, 0.1) is 12.2 Å².